The lowest BCUT2D eigenvalue weighted by Crippen LogP contribution is -2.27. The van der Waals surface area contributed by atoms with Crippen LogP contribution in [0, 0.1) is 11.8 Å². The fourth-order valence-corrected chi connectivity index (χ4v) is 1.81. The molecule has 5 heteroatoms. The number of methoxy groups -OCH3 is 1. The molecule has 0 aliphatic heterocycles. The second kappa shape index (κ2) is 4.21. The molecule has 5 nitrogen and oxygen atoms in total. The number of carbonyl (C=O) groups excluding carboxylic acids is 2. The van der Waals surface area contributed by atoms with E-state index in [1.807, 2.05) is 0 Å². The number of hydrogen-bond acceptors (Lipinski definition) is 4. The van der Waals surface area contributed by atoms with E-state index in [0.29, 0.717) is 6.42 Å². The van der Waals surface area contributed by atoms with Gasteiger partial charge in [0.05, 0.1) is 7.11 Å². The molecule has 14 heavy (non-hydrogen) atoms. The van der Waals surface area contributed by atoms with Crippen LogP contribution in [0.3, 0.4) is 0 Å². The SMILES string of the molecule is COC(=O)C1C(=O)CCC1CC(=O)O. The minimum absolute atomic E-state index is 0.147. The minimum Gasteiger partial charge on any atom is -0.481 e. The third-order valence-electron chi connectivity index (χ3n) is 2.47. The molecule has 1 fully saturated rings. The first kappa shape index (κ1) is 10.7. The quantitative estimate of drug-likeness (QED) is 0.521. The highest BCUT2D eigenvalue weighted by molar-refractivity contribution is 6.01. The lowest BCUT2D eigenvalue weighted by Gasteiger charge is -2.13. The number of ketones is 1. The van der Waals surface area contributed by atoms with E-state index < -0.39 is 23.8 Å². The zero-order valence-electron chi connectivity index (χ0n) is 7.86. The maximum atomic E-state index is 11.3. The van der Waals surface area contributed by atoms with Crippen molar-refractivity contribution < 1.29 is 24.2 Å². The van der Waals surface area contributed by atoms with Gasteiger partial charge in [-0.05, 0) is 12.3 Å². The molecule has 1 saturated carbocycles. The fraction of sp³-hybridized carbons (Fsp3) is 0.667. The summed E-state index contributed by atoms with van der Waals surface area (Å²) in [5.41, 5.74) is 0. The predicted octanol–water partition coefficient (Wildman–Crippen LogP) is 0.229. The molecule has 1 aliphatic carbocycles. The molecule has 1 rings (SSSR count). The van der Waals surface area contributed by atoms with Gasteiger partial charge in [-0.1, -0.05) is 0 Å². The molecule has 1 N–H and O–H groups in total. The largest absolute Gasteiger partial charge is 0.481 e. The highest BCUT2D eigenvalue weighted by Gasteiger charge is 2.41. The Morgan fingerprint density at radius 1 is 1.57 bits per heavy atom. The van der Waals surface area contributed by atoms with Gasteiger partial charge in [0.2, 0.25) is 0 Å². The normalized spacial score (nSPS) is 26.2. The molecular weight excluding hydrogens is 188 g/mol. The van der Waals surface area contributed by atoms with Gasteiger partial charge in [0.25, 0.3) is 0 Å². The van der Waals surface area contributed by atoms with E-state index >= 15 is 0 Å². The van der Waals surface area contributed by atoms with Crippen LogP contribution in [0.15, 0.2) is 0 Å². The maximum absolute atomic E-state index is 11.3. The first-order valence-corrected chi connectivity index (χ1v) is 4.38. The molecule has 0 radical (unpaired) electrons. The first-order valence-electron chi connectivity index (χ1n) is 4.38. The van der Waals surface area contributed by atoms with Gasteiger partial charge in [0.1, 0.15) is 11.7 Å². The number of carbonyl (C=O) groups is 3. The predicted molar refractivity (Wildman–Crippen MR) is 45.5 cm³/mol. The van der Waals surface area contributed by atoms with E-state index in [2.05, 4.69) is 4.74 Å². The first-order chi connectivity index (χ1) is 6.56. The topological polar surface area (TPSA) is 80.7 Å². The Morgan fingerprint density at radius 3 is 2.71 bits per heavy atom. The van der Waals surface area contributed by atoms with Crippen LogP contribution in [-0.4, -0.2) is 29.9 Å². The molecule has 0 saturated heterocycles. The smallest absolute Gasteiger partial charge is 0.316 e. The lowest BCUT2D eigenvalue weighted by atomic mass is 9.92. The van der Waals surface area contributed by atoms with Crippen molar-refractivity contribution in [3.8, 4) is 0 Å². The van der Waals surface area contributed by atoms with Crippen molar-refractivity contribution in [2.45, 2.75) is 19.3 Å². The highest BCUT2D eigenvalue weighted by atomic mass is 16.5. The maximum Gasteiger partial charge on any atom is 0.316 e. The number of esters is 1. The average Bonchev–Trinajstić information content (AvgIpc) is 2.45. The molecule has 0 amide bonds. The Balaban J connectivity index is 2.71. The molecular formula is C9H12O5. The van der Waals surface area contributed by atoms with Crippen LogP contribution >= 0.6 is 0 Å². The van der Waals surface area contributed by atoms with Crippen molar-refractivity contribution in [1.29, 1.82) is 0 Å². The molecule has 0 heterocycles. The van der Waals surface area contributed by atoms with Gasteiger partial charge in [0.15, 0.2) is 0 Å². The van der Waals surface area contributed by atoms with Gasteiger partial charge >= 0.3 is 11.9 Å². The second-order valence-corrected chi connectivity index (χ2v) is 3.36. The van der Waals surface area contributed by atoms with E-state index in [4.69, 9.17) is 5.11 Å². The van der Waals surface area contributed by atoms with Crippen molar-refractivity contribution in [3.63, 3.8) is 0 Å². The Morgan fingerprint density at radius 2 is 2.21 bits per heavy atom. The van der Waals surface area contributed by atoms with E-state index in [9.17, 15) is 14.4 Å². The van der Waals surface area contributed by atoms with Crippen LogP contribution < -0.4 is 0 Å². The summed E-state index contributed by atoms with van der Waals surface area (Å²) in [7, 11) is 1.20. The molecule has 0 aromatic carbocycles. The van der Waals surface area contributed by atoms with Gasteiger partial charge in [-0.2, -0.15) is 0 Å². The third kappa shape index (κ3) is 2.10. The van der Waals surface area contributed by atoms with Gasteiger partial charge in [-0.3, -0.25) is 14.4 Å². The Bertz CT molecular complexity index is 270. The fourth-order valence-electron chi connectivity index (χ4n) is 1.81. The van der Waals surface area contributed by atoms with E-state index in [1.165, 1.54) is 7.11 Å². The molecule has 78 valence electrons. The zero-order valence-corrected chi connectivity index (χ0v) is 7.86. The highest BCUT2D eigenvalue weighted by Crippen LogP contribution is 2.32. The summed E-state index contributed by atoms with van der Waals surface area (Å²) in [5.74, 6) is -3.07. The minimum atomic E-state index is -0.987. The van der Waals surface area contributed by atoms with Crippen molar-refractivity contribution in [2.75, 3.05) is 7.11 Å². The van der Waals surface area contributed by atoms with Crippen molar-refractivity contribution in [1.82, 2.24) is 0 Å². The number of rotatable bonds is 3. The van der Waals surface area contributed by atoms with Crippen LogP contribution in [0.1, 0.15) is 19.3 Å². The Labute approximate surface area is 81.0 Å². The molecule has 0 bridgehead atoms. The zero-order chi connectivity index (χ0) is 10.7. The second-order valence-electron chi connectivity index (χ2n) is 3.36. The van der Waals surface area contributed by atoms with E-state index in [1.54, 1.807) is 0 Å². The molecule has 0 aromatic heterocycles. The average molecular weight is 200 g/mol. The van der Waals surface area contributed by atoms with Gasteiger partial charge in [-0.25, -0.2) is 0 Å². The number of ether oxygens (including phenoxy) is 1. The van der Waals surface area contributed by atoms with Crippen LogP contribution in [-0.2, 0) is 19.1 Å². The van der Waals surface area contributed by atoms with Crippen molar-refractivity contribution >= 4 is 17.7 Å². The number of carboxylic acids is 1. The third-order valence-corrected chi connectivity index (χ3v) is 2.47. The molecule has 2 atom stereocenters. The number of carboxylic acid groups (broad SMARTS) is 1. The number of hydrogen-bond donors (Lipinski definition) is 1. The summed E-state index contributed by atoms with van der Waals surface area (Å²) in [5, 5.41) is 8.57. The van der Waals surface area contributed by atoms with Gasteiger partial charge < -0.3 is 9.84 Å². The standard InChI is InChI=1S/C9H12O5/c1-14-9(13)8-5(4-7(11)12)2-3-6(8)10/h5,8H,2-4H2,1H3,(H,11,12). The van der Waals surface area contributed by atoms with Crippen LogP contribution in [0.25, 0.3) is 0 Å². The summed E-state index contributed by atoms with van der Waals surface area (Å²) in [6, 6.07) is 0. The van der Waals surface area contributed by atoms with Gasteiger partial charge in [-0.15, -0.1) is 0 Å². The molecule has 2 unspecified atom stereocenters. The number of aliphatic carboxylic acids is 1. The number of Topliss-reactive ketones (excluding diaryl/α,β-unsaturated/α-hetero) is 1. The van der Waals surface area contributed by atoms with E-state index in [-0.39, 0.29) is 18.6 Å². The summed E-state index contributed by atoms with van der Waals surface area (Å²) in [4.78, 5) is 32.9. The molecule has 0 aromatic rings. The van der Waals surface area contributed by atoms with Crippen molar-refractivity contribution in [2.24, 2.45) is 11.8 Å². The van der Waals surface area contributed by atoms with E-state index in [0.717, 1.165) is 0 Å². The lowest BCUT2D eigenvalue weighted by molar-refractivity contribution is -0.150. The summed E-state index contributed by atoms with van der Waals surface area (Å²) < 4.78 is 4.46. The summed E-state index contributed by atoms with van der Waals surface area (Å²) >= 11 is 0. The van der Waals surface area contributed by atoms with Crippen molar-refractivity contribution in [3.05, 3.63) is 0 Å². The van der Waals surface area contributed by atoms with Crippen LogP contribution in [0.2, 0.25) is 0 Å². The molecule has 1 aliphatic rings. The Kier molecular flexibility index (Phi) is 3.22. The van der Waals surface area contributed by atoms with Crippen LogP contribution in [0.5, 0.6) is 0 Å². The molecule has 0 spiro atoms. The summed E-state index contributed by atoms with van der Waals surface area (Å²) in [6.45, 7) is 0. The summed E-state index contributed by atoms with van der Waals surface area (Å²) in [6.07, 6.45) is 0.591. The van der Waals surface area contributed by atoms with Crippen LogP contribution in [0.4, 0.5) is 0 Å². The monoisotopic (exact) mass is 200 g/mol. The van der Waals surface area contributed by atoms with Gasteiger partial charge in [0, 0.05) is 12.8 Å². The Hall–Kier alpha value is -1.39.